The van der Waals surface area contributed by atoms with E-state index >= 15 is 0 Å². The Morgan fingerprint density at radius 3 is 2.53 bits per heavy atom. The zero-order chi connectivity index (χ0) is 13.8. The molecule has 0 amide bonds. The Morgan fingerprint density at radius 1 is 1.05 bits per heavy atom. The summed E-state index contributed by atoms with van der Waals surface area (Å²) in [6, 6.07) is 0. The van der Waals surface area contributed by atoms with Gasteiger partial charge in [-0.2, -0.15) is 0 Å². The van der Waals surface area contributed by atoms with Crippen molar-refractivity contribution in [2.24, 2.45) is 0 Å². The molecule has 3 nitrogen and oxygen atoms in total. The Labute approximate surface area is 118 Å². The van der Waals surface area contributed by atoms with Crippen LogP contribution in [-0.2, 0) is 11.3 Å². The molecule has 1 unspecified atom stereocenters. The van der Waals surface area contributed by atoms with Crippen molar-refractivity contribution >= 4 is 0 Å². The zero-order valence-corrected chi connectivity index (χ0v) is 12.7. The number of hydrogen-bond donors (Lipinski definition) is 0. The van der Waals surface area contributed by atoms with Gasteiger partial charge >= 0.3 is 0 Å². The molecule has 0 saturated heterocycles. The highest BCUT2D eigenvalue weighted by Gasteiger charge is 2.09. The first-order chi connectivity index (χ1) is 9.36. The molecule has 0 saturated carbocycles. The highest BCUT2D eigenvalue weighted by Crippen LogP contribution is 2.12. The van der Waals surface area contributed by atoms with E-state index in [2.05, 4.69) is 23.4 Å². The fraction of sp³-hybridized carbons (Fsp3) is 0.812. The summed E-state index contributed by atoms with van der Waals surface area (Å²) in [6.07, 6.45) is 16.1. The minimum Gasteiger partial charge on any atom is -0.378 e. The summed E-state index contributed by atoms with van der Waals surface area (Å²) in [5.41, 5.74) is 0. The van der Waals surface area contributed by atoms with Gasteiger partial charge in [-0.1, -0.05) is 46.0 Å². The van der Waals surface area contributed by atoms with Gasteiger partial charge in [-0.05, 0) is 19.3 Å². The number of nitrogens with zero attached hydrogens (tertiary/aromatic N) is 2. The van der Waals surface area contributed by atoms with E-state index in [-0.39, 0.29) is 0 Å². The summed E-state index contributed by atoms with van der Waals surface area (Å²) < 4.78 is 8.20. The van der Waals surface area contributed by atoms with Crippen LogP contribution in [-0.4, -0.2) is 22.3 Å². The third kappa shape index (κ3) is 8.04. The number of aryl methyl sites for hydroxylation is 1. The Kier molecular flexibility index (Phi) is 9.42. The molecule has 0 aromatic carbocycles. The molecule has 0 aliphatic heterocycles. The largest absolute Gasteiger partial charge is 0.378 e. The molecular formula is C16H30N2O. The van der Waals surface area contributed by atoms with Crippen LogP contribution < -0.4 is 0 Å². The summed E-state index contributed by atoms with van der Waals surface area (Å²) in [6.45, 7) is 6.43. The van der Waals surface area contributed by atoms with Gasteiger partial charge in [0, 0.05) is 25.5 Å². The lowest BCUT2D eigenvalue weighted by Gasteiger charge is -2.18. The number of unbranched alkanes of at least 4 members (excludes halogenated alkanes) is 4. The van der Waals surface area contributed by atoms with Crippen LogP contribution in [0.2, 0.25) is 0 Å². The molecule has 1 atom stereocenters. The van der Waals surface area contributed by atoms with E-state index in [0.29, 0.717) is 6.10 Å². The second-order valence-corrected chi connectivity index (χ2v) is 5.28. The van der Waals surface area contributed by atoms with Crippen molar-refractivity contribution in [3.05, 3.63) is 18.7 Å². The topological polar surface area (TPSA) is 27.1 Å². The van der Waals surface area contributed by atoms with E-state index in [1.165, 1.54) is 44.9 Å². The van der Waals surface area contributed by atoms with Gasteiger partial charge in [0.25, 0.3) is 0 Å². The highest BCUT2D eigenvalue weighted by atomic mass is 16.5. The first-order valence-electron chi connectivity index (χ1n) is 7.94. The fourth-order valence-corrected chi connectivity index (χ4v) is 2.25. The lowest BCUT2D eigenvalue weighted by Crippen LogP contribution is -2.16. The van der Waals surface area contributed by atoms with Crippen LogP contribution in [0.1, 0.15) is 65.2 Å². The molecule has 1 rings (SSSR count). The van der Waals surface area contributed by atoms with E-state index in [1.54, 1.807) is 0 Å². The van der Waals surface area contributed by atoms with E-state index in [0.717, 1.165) is 19.6 Å². The van der Waals surface area contributed by atoms with Gasteiger partial charge < -0.3 is 9.30 Å². The SMILES string of the molecule is CCCCCOC(CCCCC)CCn1ccnc1. The molecule has 19 heavy (non-hydrogen) atoms. The van der Waals surface area contributed by atoms with Crippen LogP contribution in [0.15, 0.2) is 18.7 Å². The maximum Gasteiger partial charge on any atom is 0.0945 e. The van der Waals surface area contributed by atoms with Crippen molar-refractivity contribution < 1.29 is 4.74 Å². The highest BCUT2D eigenvalue weighted by molar-refractivity contribution is 4.74. The Morgan fingerprint density at radius 2 is 1.84 bits per heavy atom. The molecule has 0 aliphatic rings. The monoisotopic (exact) mass is 266 g/mol. The smallest absolute Gasteiger partial charge is 0.0945 e. The summed E-state index contributed by atoms with van der Waals surface area (Å²) in [7, 11) is 0. The first-order valence-corrected chi connectivity index (χ1v) is 7.94. The minimum absolute atomic E-state index is 0.422. The Hall–Kier alpha value is -0.830. The van der Waals surface area contributed by atoms with Crippen molar-refractivity contribution in [2.75, 3.05) is 6.61 Å². The van der Waals surface area contributed by atoms with Crippen molar-refractivity contribution in [2.45, 2.75) is 77.9 Å². The van der Waals surface area contributed by atoms with Crippen molar-refractivity contribution in [1.29, 1.82) is 0 Å². The predicted octanol–water partition coefficient (Wildman–Crippen LogP) is 4.43. The summed E-state index contributed by atoms with van der Waals surface area (Å²) in [4.78, 5) is 4.08. The molecule has 1 aromatic heterocycles. The third-order valence-electron chi connectivity index (χ3n) is 3.50. The molecule has 0 fully saturated rings. The summed E-state index contributed by atoms with van der Waals surface area (Å²) >= 11 is 0. The molecule has 0 radical (unpaired) electrons. The summed E-state index contributed by atoms with van der Waals surface area (Å²) in [5.74, 6) is 0. The fourth-order valence-electron chi connectivity index (χ4n) is 2.25. The lowest BCUT2D eigenvalue weighted by atomic mass is 10.1. The van der Waals surface area contributed by atoms with Crippen LogP contribution in [0.4, 0.5) is 0 Å². The van der Waals surface area contributed by atoms with Crippen molar-refractivity contribution in [1.82, 2.24) is 9.55 Å². The number of rotatable bonds is 12. The number of hydrogen-bond acceptors (Lipinski definition) is 2. The number of ether oxygens (including phenoxy) is 1. The van der Waals surface area contributed by atoms with Crippen molar-refractivity contribution in [3.8, 4) is 0 Å². The van der Waals surface area contributed by atoms with Crippen LogP contribution in [0.5, 0.6) is 0 Å². The van der Waals surface area contributed by atoms with Crippen LogP contribution in [0, 0.1) is 0 Å². The predicted molar refractivity (Wildman–Crippen MR) is 80.3 cm³/mol. The quantitative estimate of drug-likeness (QED) is 0.523. The second-order valence-electron chi connectivity index (χ2n) is 5.28. The third-order valence-corrected chi connectivity index (χ3v) is 3.50. The molecule has 3 heteroatoms. The van der Waals surface area contributed by atoms with Crippen LogP contribution in [0.25, 0.3) is 0 Å². The van der Waals surface area contributed by atoms with Crippen LogP contribution >= 0.6 is 0 Å². The average Bonchev–Trinajstić information content (AvgIpc) is 2.93. The molecule has 0 N–H and O–H groups in total. The molecule has 0 bridgehead atoms. The van der Waals surface area contributed by atoms with Gasteiger partial charge in [0.05, 0.1) is 12.4 Å². The van der Waals surface area contributed by atoms with E-state index in [1.807, 2.05) is 18.7 Å². The van der Waals surface area contributed by atoms with Gasteiger partial charge in [0.1, 0.15) is 0 Å². The standard InChI is InChI=1S/C16H30N2O/c1-3-5-7-9-16(19-14-8-6-4-2)10-12-18-13-11-17-15-18/h11,13,15-16H,3-10,12,14H2,1-2H3. The Balaban J connectivity index is 2.22. The minimum atomic E-state index is 0.422. The Bertz CT molecular complexity index is 285. The van der Waals surface area contributed by atoms with Crippen LogP contribution in [0.3, 0.4) is 0 Å². The van der Waals surface area contributed by atoms with Crippen molar-refractivity contribution in [3.63, 3.8) is 0 Å². The maximum atomic E-state index is 6.06. The number of imidazole rings is 1. The average molecular weight is 266 g/mol. The second kappa shape index (κ2) is 11.0. The molecule has 0 spiro atoms. The molecule has 110 valence electrons. The van der Waals surface area contributed by atoms with Gasteiger partial charge in [-0.25, -0.2) is 4.98 Å². The molecule has 1 aromatic rings. The number of aromatic nitrogens is 2. The maximum absolute atomic E-state index is 6.06. The van der Waals surface area contributed by atoms with Gasteiger partial charge in [-0.15, -0.1) is 0 Å². The van der Waals surface area contributed by atoms with Gasteiger partial charge in [0.15, 0.2) is 0 Å². The lowest BCUT2D eigenvalue weighted by molar-refractivity contribution is 0.0349. The molecule has 1 heterocycles. The van der Waals surface area contributed by atoms with E-state index in [9.17, 15) is 0 Å². The van der Waals surface area contributed by atoms with E-state index < -0.39 is 0 Å². The molecular weight excluding hydrogens is 236 g/mol. The van der Waals surface area contributed by atoms with Gasteiger partial charge in [0.2, 0.25) is 0 Å². The first kappa shape index (κ1) is 16.2. The van der Waals surface area contributed by atoms with E-state index in [4.69, 9.17) is 4.74 Å². The molecule has 0 aliphatic carbocycles. The zero-order valence-electron chi connectivity index (χ0n) is 12.7. The normalized spacial score (nSPS) is 12.7. The van der Waals surface area contributed by atoms with Gasteiger partial charge in [-0.3, -0.25) is 0 Å². The summed E-state index contributed by atoms with van der Waals surface area (Å²) in [5, 5.41) is 0.